The predicted molar refractivity (Wildman–Crippen MR) is 128 cm³/mol. The molecule has 1 amide bonds. The maximum Gasteiger partial charge on any atom is 0.340 e. The van der Waals surface area contributed by atoms with E-state index in [1.165, 1.54) is 6.92 Å². The zero-order valence-electron chi connectivity index (χ0n) is 18.9. The highest BCUT2D eigenvalue weighted by Gasteiger charge is 2.21. The van der Waals surface area contributed by atoms with E-state index in [2.05, 4.69) is 25.9 Å². The molecule has 0 spiro atoms. The summed E-state index contributed by atoms with van der Waals surface area (Å²) in [6.07, 6.45) is 1.07. The molecular formula is C23H24N6O5. The van der Waals surface area contributed by atoms with Gasteiger partial charge in [0.25, 0.3) is 0 Å². The van der Waals surface area contributed by atoms with Gasteiger partial charge in [-0.1, -0.05) is 26.0 Å². The molecule has 0 radical (unpaired) electrons. The van der Waals surface area contributed by atoms with Crippen LogP contribution < -0.4 is 16.0 Å². The highest BCUT2D eigenvalue weighted by Crippen LogP contribution is 2.29. The lowest BCUT2D eigenvalue weighted by atomic mass is 10.1. The monoisotopic (exact) mass is 464 g/mol. The number of carbonyl (C=O) groups excluding carboxylic acids is 2. The lowest BCUT2D eigenvalue weighted by molar-refractivity contribution is -0.384. The third-order valence-corrected chi connectivity index (χ3v) is 4.38. The number of carbonyl (C=O) groups is 2. The number of ether oxygens (including phenoxy) is 1. The van der Waals surface area contributed by atoms with Crippen molar-refractivity contribution in [2.24, 2.45) is 5.92 Å². The smallest absolute Gasteiger partial charge is 0.340 e. The van der Waals surface area contributed by atoms with E-state index in [9.17, 15) is 19.7 Å². The lowest BCUT2D eigenvalue weighted by Gasteiger charge is -2.13. The molecule has 3 aromatic rings. The number of hydrogen-bond acceptors (Lipinski definition) is 9. The van der Waals surface area contributed by atoms with Gasteiger partial charge in [0.05, 0.1) is 22.8 Å². The van der Waals surface area contributed by atoms with Crippen molar-refractivity contribution in [3.8, 4) is 0 Å². The summed E-state index contributed by atoms with van der Waals surface area (Å²) >= 11 is 0. The third kappa shape index (κ3) is 6.48. The number of nitrogens with one attached hydrogen (secondary N) is 3. The van der Waals surface area contributed by atoms with Crippen molar-refractivity contribution in [1.29, 1.82) is 0 Å². The van der Waals surface area contributed by atoms with Gasteiger partial charge in [0, 0.05) is 18.3 Å². The molecule has 3 N–H and O–H groups in total. The minimum absolute atomic E-state index is 0.0959. The number of amides is 1. The first-order chi connectivity index (χ1) is 16.2. The standard InChI is InChI=1S/C23H24N6O5/c1-14(2)13-34-22(31)18-6-4-5-7-19(18)27-21-20(29(32)33)12-24-23(28-21)26-17-10-8-16(9-11-17)25-15(3)30/h4-12,14H,13H2,1-3H3,(H,25,30)(H2,24,26,27,28). The van der Waals surface area contributed by atoms with Crippen LogP contribution in [0.4, 0.5) is 34.5 Å². The molecule has 0 aliphatic carbocycles. The summed E-state index contributed by atoms with van der Waals surface area (Å²) in [6, 6.07) is 13.3. The van der Waals surface area contributed by atoms with Crippen LogP contribution in [0.1, 0.15) is 31.1 Å². The van der Waals surface area contributed by atoms with E-state index in [0.29, 0.717) is 17.1 Å². The Bertz CT molecular complexity index is 1200. The highest BCUT2D eigenvalue weighted by atomic mass is 16.6. The second-order valence-electron chi connectivity index (χ2n) is 7.73. The van der Waals surface area contributed by atoms with Gasteiger partial charge in [-0.3, -0.25) is 14.9 Å². The Hall–Kier alpha value is -4.54. The van der Waals surface area contributed by atoms with Crippen LogP contribution in [-0.2, 0) is 9.53 Å². The number of para-hydroxylation sites is 1. The summed E-state index contributed by atoms with van der Waals surface area (Å²) in [6.45, 7) is 5.50. The van der Waals surface area contributed by atoms with Crippen molar-refractivity contribution in [2.45, 2.75) is 20.8 Å². The molecule has 0 aliphatic heterocycles. The molecule has 1 aromatic heterocycles. The topological polar surface area (TPSA) is 148 Å². The third-order valence-electron chi connectivity index (χ3n) is 4.38. The van der Waals surface area contributed by atoms with Crippen LogP contribution in [0, 0.1) is 16.0 Å². The summed E-state index contributed by atoms with van der Waals surface area (Å²) in [7, 11) is 0. The van der Waals surface area contributed by atoms with Gasteiger partial charge in [0.2, 0.25) is 17.7 Å². The Morgan fingerprint density at radius 1 is 1.06 bits per heavy atom. The number of aromatic nitrogens is 2. The normalized spacial score (nSPS) is 10.5. The van der Waals surface area contributed by atoms with Crippen LogP contribution in [0.2, 0.25) is 0 Å². The van der Waals surface area contributed by atoms with Gasteiger partial charge in [0.1, 0.15) is 6.20 Å². The van der Waals surface area contributed by atoms with Crippen LogP contribution >= 0.6 is 0 Å². The molecule has 34 heavy (non-hydrogen) atoms. The van der Waals surface area contributed by atoms with E-state index in [0.717, 1.165) is 6.20 Å². The Morgan fingerprint density at radius 3 is 2.38 bits per heavy atom. The fraction of sp³-hybridized carbons (Fsp3) is 0.217. The lowest BCUT2D eigenvalue weighted by Crippen LogP contribution is -2.12. The van der Waals surface area contributed by atoms with Crippen molar-refractivity contribution in [3.63, 3.8) is 0 Å². The Balaban J connectivity index is 1.86. The van der Waals surface area contributed by atoms with Gasteiger partial charge in [-0.05, 0) is 42.3 Å². The second kappa shape index (κ2) is 10.9. The van der Waals surface area contributed by atoms with E-state index < -0.39 is 10.9 Å². The fourth-order valence-electron chi connectivity index (χ4n) is 2.85. The molecule has 3 rings (SSSR count). The summed E-state index contributed by atoms with van der Waals surface area (Å²) in [5.74, 6) is -0.579. The van der Waals surface area contributed by atoms with Gasteiger partial charge >= 0.3 is 11.7 Å². The van der Waals surface area contributed by atoms with Crippen molar-refractivity contribution < 1.29 is 19.2 Å². The maximum absolute atomic E-state index is 12.5. The molecule has 0 aliphatic rings. The summed E-state index contributed by atoms with van der Waals surface area (Å²) in [5, 5.41) is 20.0. The zero-order valence-corrected chi connectivity index (χ0v) is 18.9. The number of rotatable bonds is 9. The Kier molecular flexibility index (Phi) is 7.70. The summed E-state index contributed by atoms with van der Waals surface area (Å²) < 4.78 is 5.30. The molecule has 0 fully saturated rings. The van der Waals surface area contributed by atoms with Crippen LogP contribution in [0.5, 0.6) is 0 Å². The molecule has 0 bridgehead atoms. The van der Waals surface area contributed by atoms with Gasteiger partial charge in [-0.15, -0.1) is 0 Å². The predicted octanol–water partition coefficient (Wildman–Crippen LogP) is 4.64. The maximum atomic E-state index is 12.5. The van der Waals surface area contributed by atoms with E-state index >= 15 is 0 Å². The summed E-state index contributed by atoms with van der Waals surface area (Å²) in [4.78, 5) is 42.8. The van der Waals surface area contributed by atoms with Gasteiger partial charge < -0.3 is 20.7 Å². The molecular weight excluding hydrogens is 440 g/mol. The first-order valence-corrected chi connectivity index (χ1v) is 10.4. The van der Waals surface area contributed by atoms with Crippen molar-refractivity contribution >= 4 is 46.4 Å². The molecule has 2 aromatic carbocycles. The quantitative estimate of drug-likeness (QED) is 0.234. The number of hydrogen-bond donors (Lipinski definition) is 3. The molecule has 11 nitrogen and oxygen atoms in total. The van der Waals surface area contributed by atoms with E-state index in [1.54, 1.807) is 48.5 Å². The molecule has 1 heterocycles. The van der Waals surface area contributed by atoms with Crippen LogP contribution in [-0.4, -0.2) is 33.4 Å². The first-order valence-electron chi connectivity index (χ1n) is 10.4. The SMILES string of the molecule is CC(=O)Nc1ccc(Nc2ncc([N+](=O)[O-])c(Nc3ccccc3C(=O)OCC(C)C)n2)cc1. The number of esters is 1. The molecule has 0 saturated carbocycles. The minimum Gasteiger partial charge on any atom is -0.462 e. The molecule has 0 unspecified atom stereocenters. The fourth-order valence-corrected chi connectivity index (χ4v) is 2.85. The number of nitrogens with zero attached hydrogens (tertiary/aromatic N) is 3. The Morgan fingerprint density at radius 2 is 1.74 bits per heavy atom. The average molecular weight is 464 g/mol. The van der Waals surface area contributed by atoms with E-state index in [4.69, 9.17) is 4.74 Å². The van der Waals surface area contributed by atoms with Crippen molar-refractivity contribution in [2.75, 3.05) is 22.6 Å². The van der Waals surface area contributed by atoms with Crippen LogP contribution in [0.15, 0.2) is 54.7 Å². The number of benzene rings is 2. The number of nitro groups is 1. The largest absolute Gasteiger partial charge is 0.462 e. The number of anilines is 5. The van der Waals surface area contributed by atoms with E-state index in [1.807, 2.05) is 13.8 Å². The minimum atomic E-state index is -0.617. The first kappa shape index (κ1) is 24.1. The Labute approximate surface area is 195 Å². The molecule has 11 heteroatoms. The van der Waals surface area contributed by atoms with Crippen molar-refractivity contribution in [1.82, 2.24) is 9.97 Å². The van der Waals surface area contributed by atoms with Crippen LogP contribution in [0.25, 0.3) is 0 Å². The van der Waals surface area contributed by atoms with Gasteiger partial charge in [0.15, 0.2) is 0 Å². The average Bonchev–Trinajstić information content (AvgIpc) is 2.79. The second-order valence-corrected chi connectivity index (χ2v) is 7.73. The van der Waals surface area contributed by atoms with Crippen molar-refractivity contribution in [3.05, 3.63) is 70.4 Å². The summed E-state index contributed by atoms with van der Waals surface area (Å²) in [5.41, 5.74) is 1.39. The van der Waals surface area contributed by atoms with Gasteiger partial charge in [-0.2, -0.15) is 4.98 Å². The molecule has 0 atom stereocenters. The molecule has 176 valence electrons. The highest BCUT2D eigenvalue weighted by molar-refractivity contribution is 5.96. The molecule has 0 saturated heterocycles. The van der Waals surface area contributed by atoms with Crippen LogP contribution in [0.3, 0.4) is 0 Å². The van der Waals surface area contributed by atoms with Gasteiger partial charge in [-0.25, -0.2) is 9.78 Å². The zero-order chi connectivity index (χ0) is 24.7. The van der Waals surface area contributed by atoms with E-state index in [-0.39, 0.29) is 41.4 Å².